The minimum absolute atomic E-state index is 0.122. The SMILES string of the molecule is CC(C)(C)C(C)(O)Cc1ccc(Cl)s1. The average Bonchev–Trinajstić information content (AvgIpc) is 2.31. The van der Waals surface area contributed by atoms with Gasteiger partial charge in [-0.3, -0.25) is 0 Å². The van der Waals surface area contributed by atoms with Crippen LogP contribution in [0.4, 0.5) is 0 Å². The molecule has 0 saturated heterocycles. The second-order valence-corrected chi connectivity index (χ2v) is 6.71. The van der Waals surface area contributed by atoms with Crippen molar-refractivity contribution in [1.82, 2.24) is 0 Å². The lowest BCUT2D eigenvalue weighted by Crippen LogP contribution is -2.41. The molecule has 1 aromatic rings. The summed E-state index contributed by atoms with van der Waals surface area (Å²) < 4.78 is 0.782. The van der Waals surface area contributed by atoms with E-state index in [2.05, 4.69) is 0 Å². The molecule has 0 aromatic carbocycles. The Balaban J connectivity index is 2.78. The topological polar surface area (TPSA) is 20.2 Å². The van der Waals surface area contributed by atoms with Crippen molar-refractivity contribution in [2.45, 2.75) is 39.7 Å². The number of hydrogen-bond acceptors (Lipinski definition) is 2. The van der Waals surface area contributed by atoms with Gasteiger partial charge in [0.15, 0.2) is 0 Å². The van der Waals surface area contributed by atoms with Crippen LogP contribution in [0.3, 0.4) is 0 Å². The first-order chi connectivity index (χ1) is 6.22. The molecule has 0 bridgehead atoms. The van der Waals surface area contributed by atoms with Gasteiger partial charge in [0.1, 0.15) is 0 Å². The van der Waals surface area contributed by atoms with E-state index in [0.717, 1.165) is 9.21 Å². The molecule has 1 nitrogen and oxygen atoms in total. The highest BCUT2D eigenvalue weighted by molar-refractivity contribution is 7.16. The van der Waals surface area contributed by atoms with Crippen LogP contribution in [-0.4, -0.2) is 10.7 Å². The molecular weight excluding hydrogens is 216 g/mol. The summed E-state index contributed by atoms with van der Waals surface area (Å²) in [6, 6.07) is 3.85. The normalized spacial score (nSPS) is 16.7. The van der Waals surface area contributed by atoms with E-state index in [-0.39, 0.29) is 5.41 Å². The fourth-order valence-corrected chi connectivity index (χ4v) is 2.29. The molecule has 0 spiro atoms. The molecule has 1 N–H and O–H groups in total. The first-order valence-corrected chi connectivity index (χ1v) is 5.88. The van der Waals surface area contributed by atoms with Crippen molar-refractivity contribution in [3.8, 4) is 0 Å². The van der Waals surface area contributed by atoms with Crippen LogP contribution in [0.25, 0.3) is 0 Å². The number of aliphatic hydroxyl groups is 1. The van der Waals surface area contributed by atoms with E-state index in [1.165, 1.54) is 11.3 Å². The minimum atomic E-state index is -0.693. The van der Waals surface area contributed by atoms with Gasteiger partial charge in [-0.05, 0) is 24.5 Å². The minimum Gasteiger partial charge on any atom is -0.389 e. The Morgan fingerprint density at radius 3 is 2.21 bits per heavy atom. The van der Waals surface area contributed by atoms with Gasteiger partial charge in [0.25, 0.3) is 0 Å². The monoisotopic (exact) mass is 232 g/mol. The van der Waals surface area contributed by atoms with Gasteiger partial charge in [-0.1, -0.05) is 32.4 Å². The highest BCUT2D eigenvalue weighted by Crippen LogP contribution is 2.35. The Labute approximate surface area is 94.7 Å². The molecule has 0 fully saturated rings. The largest absolute Gasteiger partial charge is 0.389 e. The fraction of sp³-hybridized carbons (Fsp3) is 0.636. The highest BCUT2D eigenvalue weighted by Gasteiger charge is 2.35. The molecule has 1 aromatic heterocycles. The van der Waals surface area contributed by atoms with E-state index in [1.807, 2.05) is 39.8 Å². The van der Waals surface area contributed by atoms with E-state index in [1.54, 1.807) is 0 Å². The first kappa shape index (κ1) is 12.0. The zero-order valence-corrected chi connectivity index (χ0v) is 10.7. The van der Waals surface area contributed by atoms with Crippen LogP contribution in [0.1, 0.15) is 32.6 Å². The maximum atomic E-state index is 10.3. The number of rotatable bonds is 2. The molecule has 1 rings (SSSR count). The van der Waals surface area contributed by atoms with Gasteiger partial charge < -0.3 is 5.11 Å². The van der Waals surface area contributed by atoms with Gasteiger partial charge in [0.2, 0.25) is 0 Å². The van der Waals surface area contributed by atoms with Gasteiger partial charge in [-0.25, -0.2) is 0 Å². The summed E-state index contributed by atoms with van der Waals surface area (Å²) in [5.41, 5.74) is -0.815. The lowest BCUT2D eigenvalue weighted by molar-refractivity contribution is -0.0399. The van der Waals surface area contributed by atoms with Crippen LogP contribution in [-0.2, 0) is 6.42 Å². The zero-order chi connectivity index (χ0) is 11.0. The van der Waals surface area contributed by atoms with Crippen molar-refractivity contribution in [3.63, 3.8) is 0 Å². The molecule has 0 aliphatic heterocycles. The molecule has 0 saturated carbocycles. The smallest absolute Gasteiger partial charge is 0.0931 e. The molecular formula is C11H17ClOS. The molecule has 1 heterocycles. The summed E-state index contributed by atoms with van der Waals surface area (Å²) in [4.78, 5) is 1.13. The summed E-state index contributed by atoms with van der Waals surface area (Å²) in [6.07, 6.45) is 0.661. The summed E-state index contributed by atoms with van der Waals surface area (Å²) in [5.74, 6) is 0. The van der Waals surface area contributed by atoms with Gasteiger partial charge in [-0.15, -0.1) is 11.3 Å². The Kier molecular flexibility index (Phi) is 3.30. The summed E-state index contributed by atoms with van der Waals surface area (Å²) in [5, 5.41) is 10.3. The Hall–Kier alpha value is -0.0500. The molecule has 1 unspecified atom stereocenters. The molecule has 0 amide bonds. The van der Waals surface area contributed by atoms with Crippen LogP contribution in [0.5, 0.6) is 0 Å². The highest BCUT2D eigenvalue weighted by atomic mass is 35.5. The van der Waals surface area contributed by atoms with Gasteiger partial charge in [-0.2, -0.15) is 0 Å². The molecule has 0 radical (unpaired) electrons. The van der Waals surface area contributed by atoms with Crippen LogP contribution in [0.2, 0.25) is 4.34 Å². The summed E-state index contributed by atoms with van der Waals surface area (Å²) >= 11 is 7.38. The second kappa shape index (κ2) is 3.84. The Morgan fingerprint density at radius 2 is 1.86 bits per heavy atom. The van der Waals surface area contributed by atoms with Crippen LogP contribution in [0.15, 0.2) is 12.1 Å². The van der Waals surface area contributed by atoms with Crippen molar-refractivity contribution < 1.29 is 5.11 Å². The third-order valence-corrected chi connectivity index (χ3v) is 3.99. The van der Waals surface area contributed by atoms with Crippen molar-refractivity contribution in [2.24, 2.45) is 5.41 Å². The van der Waals surface area contributed by atoms with Crippen molar-refractivity contribution >= 4 is 22.9 Å². The third kappa shape index (κ3) is 2.72. The van der Waals surface area contributed by atoms with Gasteiger partial charge >= 0.3 is 0 Å². The number of halogens is 1. The van der Waals surface area contributed by atoms with Crippen molar-refractivity contribution in [1.29, 1.82) is 0 Å². The number of thiophene rings is 1. The molecule has 0 aliphatic rings. The van der Waals surface area contributed by atoms with Crippen LogP contribution >= 0.6 is 22.9 Å². The quantitative estimate of drug-likeness (QED) is 0.824. The lowest BCUT2D eigenvalue weighted by Gasteiger charge is -2.36. The summed E-state index contributed by atoms with van der Waals surface area (Å²) in [7, 11) is 0. The molecule has 14 heavy (non-hydrogen) atoms. The van der Waals surface area contributed by atoms with E-state index < -0.39 is 5.60 Å². The predicted molar refractivity (Wildman–Crippen MR) is 63.1 cm³/mol. The third-order valence-electron chi connectivity index (χ3n) is 2.76. The molecule has 0 aliphatic carbocycles. The second-order valence-electron chi connectivity index (χ2n) is 4.91. The standard InChI is InChI=1S/C11H17ClOS/c1-10(2,3)11(4,13)7-8-5-6-9(12)14-8/h5-6,13H,7H2,1-4H3. The fourth-order valence-electron chi connectivity index (χ4n) is 1.05. The van der Waals surface area contributed by atoms with Crippen LogP contribution in [0, 0.1) is 5.41 Å². The maximum absolute atomic E-state index is 10.3. The van der Waals surface area contributed by atoms with E-state index in [4.69, 9.17) is 11.6 Å². The zero-order valence-electron chi connectivity index (χ0n) is 9.10. The van der Waals surface area contributed by atoms with Gasteiger partial charge in [0, 0.05) is 11.3 Å². The van der Waals surface area contributed by atoms with E-state index >= 15 is 0 Å². The van der Waals surface area contributed by atoms with E-state index in [0.29, 0.717) is 6.42 Å². The molecule has 80 valence electrons. The predicted octanol–water partition coefficient (Wildman–Crippen LogP) is 3.74. The van der Waals surface area contributed by atoms with Crippen LogP contribution < -0.4 is 0 Å². The van der Waals surface area contributed by atoms with Crippen molar-refractivity contribution in [3.05, 3.63) is 21.3 Å². The molecule has 3 heteroatoms. The Morgan fingerprint density at radius 1 is 1.29 bits per heavy atom. The lowest BCUT2D eigenvalue weighted by atomic mass is 9.75. The maximum Gasteiger partial charge on any atom is 0.0931 e. The average molecular weight is 233 g/mol. The Bertz CT molecular complexity index is 309. The van der Waals surface area contributed by atoms with Gasteiger partial charge in [0.05, 0.1) is 9.94 Å². The summed E-state index contributed by atoms with van der Waals surface area (Å²) in [6.45, 7) is 8.01. The van der Waals surface area contributed by atoms with E-state index in [9.17, 15) is 5.11 Å². The first-order valence-electron chi connectivity index (χ1n) is 4.69. The van der Waals surface area contributed by atoms with Crippen molar-refractivity contribution in [2.75, 3.05) is 0 Å². The molecule has 1 atom stereocenters. The number of hydrogen-bond donors (Lipinski definition) is 1.